The van der Waals surface area contributed by atoms with Gasteiger partial charge in [0.25, 0.3) is 0 Å². The predicted octanol–water partition coefficient (Wildman–Crippen LogP) is 2.89. The van der Waals surface area contributed by atoms with Crippen LogP contribution in [0.25, 0.3) is 0 Å². The van der Waals surface area contributed by atoms with Gasteiger partial charge in [0.15, 0.2) is 0 Å². The molecule has 0 bridgehead atoms. The molecule has 1 aliphatic carbocycles. The van der Waals surface area contributed by atoms with E-state index in [1.165, 1.54) is 24.3 Å². The molecule has 2 heterocycles. The highest BCUT2D eigenvalue weighted by Crippen LogP contribution is 2.43. The summed E-state index contributed by atoms with van der Waals surface area (Å²) in [5.74, 6) is 0.882. The second-order valence-corrected chi connectivity index (χ2v) is 7.66. The molecule has 0 radical (unpaired) electrons. The number of hydrogen-bond donors (Lipinski definition) is 1. The molecule has 3 rings (SSSR count). The zero-order valence-electron chi connectivity index (χ0n) is 12.3. The summed E-state index contributed by atoms with van der Waals surface area (Å²) in [6.07, 6.45) is 5.91. The first kappa shape index (κ1) is 13.5. The van der Waals surface area contributed by atoms with Crippen molar-refractivity contribution in [1.29, 1.82) is 0 Å². The average molecular weight is 279 g/mol. The lowest BCUT2D eigenvalue weighted by molar-refractivity contribution is 0.00421. The third-order valence-corrected chi connectivity index (χ3v) is 5.97. The van der Waals surface area contributed by atoms with Gasteiger partial charge in [0.05, 0.1) is 6.54 Å². The average Bonchev–Trinajstić information content (AvgIpc) is 3.15. The molecule has 1 saturated heterocycles. The Labute approximate surface area is 120 Å². The number of rotatable bonds is 4. The number of hydrogen-bond acceptors (Lipinski definition) is 4. The number of aromatic nitrogens is 1. The van der Waals surface area contributed by atoms with Gasteiger partial charge in [-0.25, -0.2) is 4.98 Å². The van der Waals surface area contributed by atoms with Gasteiger partial charge >= 0.3 is 0 Å². The molecule has 0 amide bonds. The molecule has 1 aromatic rings. The molecule has 0 aromatic carbocycles. The first-order chi connectivity index (χ1) is 9.06. The summed E-state index contributed by atoms with van der Waals surface area (Å²) in [5.41, 5.74) is 0.575. The second-order valence-electron chi connectivity index (χ2n) is 6.68. The molecule has 19 heavy (non-hydrogen) atoms. The molecule has 2 atom stereocenters. The van der Waals surface area contributed by atoms with E-state index in [9.17, 15) is 0 Å². The summed E-state index contributed by atoms with van der Waals surface area (Å²) >= 11 is 1.78. The number of piperazine rings is 1. The highest BCUT2D eigenvalue weighted by Gasteiger charge is 2.48. The second kappa shape index (κ2) is 4.83. The van der Waals surface area contributed by atoms with Crippen molar-refractivity contribution >= 4 is 11.3 Å². The Bertz CT molecular complexity index is 429. The van der Waals surface area contributed by atoms with Gasteiger partial charge in [-0.3, -0.25) is 4.90 Å². The molecule has 1 aromatic heterocycles. The molecular formula is C15H25N3S. The fourth-order valence-electron chi connectivity index (χ4n) is 3.23. The van der Waals surface area contributed by atoms with Crippen molar-refractivity contribution in [3.05, 3.63) is 16.6 Å². The molecule has 0 spiro atoms. The Morgan fingerprint density at radius 2 is 2.26 bits per heavy atom. The van der Waals surface area contributed by atoms with Crippen LogP contribution in [0.1, 0.15) is 45.0 Å². The van der Waals surface area contributed by atoms with Gasteiger partial charge in [0, 0.05) is 35.7 Å². The van der Waals surface area contributed by atoms with Gasteiger partial charge in [-0.15, -0.1) is 11.3 Å². The Hall–Kier alpha value is -0.450. The molecule has 1 N–H and O–H groups in total. The maximum atomic E-state index is 4.47. The van der Waals surface area contributed by atoms with Crippen molar-refractivity contribution in [3.63, 3.8) is 0 Å². The lowest BCUT2D eigenvalue weighted by Crippen LogP contribution is -2.68. The summed E-state index contributed by atoms with van der Waals surface area (Å²) in [4.78, 5) is 7.14. The van der Waals surface area contributed by atoms with Crippen molar-refractivity contribution in [2.24, 2.45) is 5.92 Å². The number of nitrogens with zero attached hydrogens (tertiary/aromatic N) is 2. The highest BCUT2D eigenvalue weighted by molar-refractivity contribution is 7.09. The zero-order chi connectivity index (χ0) is 13.5. The van der Waals surface area contributed by atoms with Gasteiger partial charge < -0.3 is 5.32 Å². The molecule has 1 aliphatic heterocycles. The molecule has 2 aliphatic rings. The van der Waals surface area contributed by atoms with Gasteiger partial charge in [-0.2, -0.15) is 0 Å². The lowest BCUT2D eigenvalue weighted by atomic mass is 9.84. The summed E-state index contributed by atoms with van der Waals surface area (Å²) in [7, 11) is 0. The standard InChI is InChI=1S/C15H25N3S/c1-4-14(2)10-17-15(3,12-5-6-12)11-18(14)9-13-16-7-8-19-13/h7-8,12,17H,4-6,9-11H2,1-3H3. The fraction of sp³-hybridized carbons (Fsp3) is 0.800. The van der Waals surface area contributed by atoms with Crippen molar-refractivity contribution in [2.75, 3.05) is 13.1 Å². The minimum absolute atomic E-state index is 0.264. The minimum atomic E-state index is 0.264. The molecule has 1 saturated carbocycles. The topological polar surface area (TPSA) is 28.2 Å². The van der Waals surface area contributed by atoms with E-state index in [-0.39, 0.29) is 5.54 Å². The largest absolute Gasteiger partial charge is 0.308 e. The molecule has 4 heteroatoms. The lowest BCUT2D eigenvalue weighted by Gasteiger charge is -2.52. The van der Waals surface area contributed by atoms with Crippen LogP contribution in [-0.2, 0) is 6.54 Å². The van der Waals surface area contributed by atoms with Crippen LogP contribution in [0.5, 0.6) is 0 Å². The molecule has 2 fully saturated rings. The molecule has 106 valence electrons. The van der Waals surface area contributed by atoms with Crippen LogP contribution in [0.2, 0.25) is 0 Å². The van der Waals surface area contributed by atoms with Crippen LogP contribution in [-0.4, -0.2) is 34.1 Å². The van der Waals surface area contributed by atoms with Crippen molar-refractivity contribution < 1.29 is 0 Å². The van der Waals surface area contributed by atoms with Crippen molar-refractivity contribution in [2.45, 2.75) is 57.7 Å². The van der Waals surface area contributed by atoms with E-state index in [0.29, 0.717) is 5.54 Å². The van der Waals surface area contributed by atoms with E-state index in [4.69, 9.17) is 0 Å². The van der Waals surface area contributed by atoms with Crippen LogP contribution >= 0.6 is 11.3 Å². The zero-order valence-corrected chi connectivity index (χ0v) is 13.1. The van der Waals surface area contributed by atoms with Gasteiger partial charge in [-0.05, 0) is 39.0 Å². The monoisotopic (exact) mass is 279 g/mol. The van der Waals surface area contributed by atoms with E-state index in [1.807, 2.05) is 6.20 Å². The Balaban J connectivity index is 1.78. The minimum Gasteiger partial charge on any atom is -0.308 e. The molecule has 2 unspecified atom stereocenters. The SMILES string of the molecule is CCC1(C)CNC(C)(C2CC2)CN1Cc1nccs1. The van der Waals surface area contributed by atoms with E-state index >= 15 is 0 Å². The van der Waals surface area contributed by atoms with Crippen LogP contribution < -0.4 is 5.32 Å². The smallest absolute Gasteiger partial charge is 0.107 e. The molecule has 3 nitrogen and oxygen atoms in total. The number of nitrogens with one attached hydrogen (secondary N) is 1. The third-order valence-electron chi connectivity index (χ3n) is 5.21. The van der Waals surface area contributed by atoms with Crippen molar-refractivity contribution in [1.82, 2.24) is 15.2 Å². The quantitative estimate of drug-likeness (QED) is 0.918. The first-order valence-corrected chi connectivity index (χ1v) is 8.32. The maximum Gasteiger partial charge on any atom is 0.107 e. The first-order valence-electron chi connectivity index (χ1n) is 7.44. The summed E-state index contributed by atoms with van der Waals surface area (Å²) < 4.78 is 0. The normalized spacial score (nSPS) is 36.6. The van der Waals surface area contributed by atoms with Crippen LogP contribution in [0.3, 0.4) is 0 Å². The Kier molecular flexibility index (Phi) is 3.44. The predicted molar refractivity (Wildman–Crippen MR) is 80.4 cm³/mol. The van der Waals surface area contributed by atoms with Crippen LogP contribution in [0, 0.1) is 5.92 Å². The van der Waals surface area contributed by atoms with Gasteiger partial charge in [0.1, 0.15) is 5.01 Å². The summed E-state index contributed by atoms with van der Waals surface area (Å²) in [5, 5.41) is 7.18. The van der Waals surface area contributed by atoms with Crippen LogP contribution in [0.4, 0.5) is 0 Å². The number of thiazole rings is 1. The summed E-state index contributed by atoms with van der Waals surface area (Å²) in [6, 6.07) is 0. The highest BCUT2D eigenvalue weighted by atomic mass is 32.1. The van der Waals surface area contributed by atoms with Crippen molar-refractivity contribution in [3.8, 4) is 0 Å². The van der Waals surface area contributed by atoms with E-state index < -0.39 is 0 Å². The maximum absolute atomic E-state index is 4.47. The fourth-order valence-corrected chi connectivity index (χ4v) is 3.86. The van der Waals surface area contributed by atoms with E-state index in [2.05, 4.69) is 41.4 Å². The Morgan fingerprint density at radius 3 is 2.84 bits per heavy atom. The van der Waals surface area contributed by atoms with Crippen LogP contribution in [0.15, 0.2) is 11.6 Å². The Morgan fingerprint density at radius 1 is 1.47 bits per heavy atom. The van der Waals surface area contributed by atoms with Gasteiger partial charge in [0.2, 0.25) is 0 Å². The third kappa shape index (κ3) is 2.58. The van der Waals surface area contributed by atoms with E-state index in [0.717, 1.165) is 25.6 Å². The summed E-state index contributed by atoms with van der Waals surface area (Å²) in [6.45, 7) is 10.4. The van der Waals surface area contributed by atoms with E-state index in [1.54, 1.807) is 11.3 Å². The molecular weight excluding hydrogens is 254 g/mol. The van der Waals surface area contributed by atoms with Gasteiger partial charge in [-0.1, -0.05) is 6.92 Å².